The fourth-order valence-electron chi connectivity index (χ4n) is 1.93. The van der Waals surface area contributed by atoms with Crippen molar-refractivity contribution in [1.29, 1.82) is 0 Å². The summed E-state index contributed by atoms with van der Waals surface area (Å²) in [5.74, 6) is -0.686. The van der Waals surface area contributed by atoms with Crippen molar-refractivity contribution in [3.8, 4) is 0 Å². The standard InChI is InChI=1S/C15H15ClFNO3S/c16-13-7-6-12(17)10-15(13)22(20,21)18-9-8-14(19)11-4-2-1-3-5-11/h1-7,10,14,18-19H,8-9H2. The molecule has 0 aliphatic heterocycles. The molecule has 0 bridgehead atoms. The second kappa shape index (κ2) is 7.19. The molecule has 2 rings (SSSR count). The number of nitrogens with one attached hydrogen (secondary N) is 1. The number of benzene rings is 2. The van der Waals surface area contributed by atoms with E-state index in [0.717, 1.165) is 12.1 Å². The van der Waals surface area contributed by atoms with Gasteiger partial charge in [-0.15, -0.1) is 0 Å². The predicted molar refractivity (Wildman–Crippen MR) is 82.6 cm³/mol. The van der Waals surface area contributed by atoms with Gasteiger partial charge in [0.1, 0.15) is 10.7 Å². The Morgan fingerprint density at radius 3 is 2.55 bits per heavy atom. The van der Waals surface area contributed by atoms with Crippen LogP contribution in [-0.2, 0) is 10.0 Å². The van der Waals surface area contributed by atoms with Gasteiger partial charge in [0.15, 0.2) is 0 Å². The van der Waals surface area contributed by atoms with Gasteiger partial charge >= 0.3 is 0 Å². The van der Waals surface area contributed by atoms with E-state index in [1.807, 2.05) is 6.07 Å². The Kier molecular flexibility index (Phi) is 5.52. The number of rotatable bonds is 6. The minimum atomic E-state index is -3.92. The minimum absolute atomic E-state index is 0.00519. The Morgan fingerprint density at radius 1 is 1.18 bits per heavy atom. The van der Waals surface area contributed by atoms with Gasteiger partial charge in [0.2, 0.25) is 10.0 Å². The van der Waals surface area contributed by atoms with Gasteiger partial charge in [0.05, 0.1) is 11.1 Å². The molecule has 0 aliphatic rings. The first-order chi connectivity index (χ1) is 10.4. The fourth-order valence-corrected chi connectivity index (χ4v) is 3.49. The van der Waals surface area contributed by atoms with Crippen LogP contribution in [0.15, 0.2) is 53.4 Å². The van der Waals surface area contributed by atoms with Crippen LogP contribution in [0.25, 0.3) is 0 Å². The largest absolute Gasteiger partial charge is 0.388 e. The molecular formula is C15H15ClFNO3S. The summed E-state index contributed by atoms with van der Waals surface area (Å²) < 4.78 is 39.6. The van der Waals surface area contributed by atoms with Crippen LogP contribution in [0, 0.1) is 5.82 Å². The summed E-state index contributed by atoms with van der Waals surface area (Å²) in [6.45, 7) is 0.00519. The van der Waals surface area contributed by atoms with Gasteiger partial charge in [-0.25, -0.2) is 17.5 Å². The molecule has 2 N–H and O–H groups in total. The molecule has 4 nitrogen and oxygen atoms in total. The monoisotopic (exact) mass is 343 g/mol. The van der Waals surface area contributed by atoms with E-state index < -0.39 is 21.9 Å². The van der Waals surface area contributed by atoms with Crippen LogP contribution in [-0.4, -0.2) is 20.1 Å². The van der Waals surface area contributed by atoms with Crippen molar-refractivity contribution in [3.05, 3.63) is 64.9 Å². The summed E-state index contributed by atoms with van der Waals surface area (Å²) in [6, 6.07) is 12.0. The number of aliphatic hydroxyl groups is 1. The molecule has 2 aromatic carbocycles. The molecule has 0 radical (unpaired) electrons. The summed E-state index contributed by atoms with van der Waals surface area (Å²) in [7, 11) is -3.92. The van der Waals surface area contributed by atoms with E-state index in [9.17, 15) is 17.9 Å². The average molecular weight is 344 g/mol. The van der Waals surface area contributed by atoms with E-state index in [1.54, 1.807) is 24.3 Å². The van der Waals surface area contributed by atoms with Crippen molar-refractivity contribution in [1.82, 2.24) is 4.72 Å². The van der Waals surface area contributed by atoms with Gasteiger partial charge in [-0.3, -0.25) is 0 Å². The molecule has 2 aromatic rings. The van der Waals surface area contributed by atoms with E-state index in [-0.39, 0.29) is 22.9 Å². The molecule has 0 saturated carbocycles. The zero-order valence-electron chi connectivity index (χ0n) is 11.5. The van der Waals surface area contributed by atoms with Gasteiger partial charge in [0, 0.05) is 6.54 Å². The lowest BCUT2D eigenvalue weighted by atomic mass is 10.1. The second-order valence-electron chi connectivity index (χ2n) is 4.69. The maximum Gasteiger partial charge on any atom is 0.242 e. The van der Waals surface area contributed by atoms with E-state index in [0.29, 0.717) is 5.56 Å². The van der Waals surface area contributed by atoms with E-state index in [1.165, 1.54) is 6.07 Å². The number of sulfonamides is 1. The smallest absolute Gasteiger partial charge is 0.242 e. The van der Waals surface area contributed by atoms with Gasteiger partial charge in [-0.05, 0) is 30.2 Å². The molecule has 118 valence electrons. The van der Waals surface area contributed by atoms with Crippen LogP contribution in [0.3, 0.4) is 0 Å². The second-order valence-corrected chi connectivity index (χ2v) is 6.83. The Morgan fingerprint density at radius 2 is 1.86 bits per heavy atom. The quantitative estimate of drug-likeness (QED) is 0.847. The van der Waals surface area contributed by atoms with Crippen molar-refractivity contribution in [2.45, 2.75) is 17.4 Å². The van der Waals surface area contributed by atoms with E-state index in [2.05, 4.69) is 4.72 Å². The third-order valence-corrected chi connectivity index (χ3v) is 5.02. The lowest BCUT2D eigenvalue weighted by molar-refractivity contribution is 0.169. The first-order valence-electron chi connectivity index (χ1n) is 6.58. The number of hydrogen-bond acceptors (Lipinski definition) is 3. The molecule has 0 heterocycles. The molecule has 0 aliphatic carbocycles. The SMILES string of the molecule is O=S(=O)(NCCC(O)c1ccccc1)c1cc(F)ccc1Cl. The highest BCUT2D eigenvalue weighted by atomic mass is 35.5. The molecule has 0 amide bonds. The third-order valence-electron chi connectivity index (χ3n) is 3.08. The van der Waals surface area contributed by atoms with Gasteiger partial charge in [0.25, 0.3) is 0 Å². The first kappa shape index (κ1) is 16.9. The molecule has 22 heavy (non-hydrogen) atoms. The average Bonchev–Trinajstić information content (AvgIpc) is 2.50. The predicted octanol–water partition coefficient (Wildman–Crippen LogP) is 2.88. The van der Waals surface area contributed by atoms with Gasteiger partial charge in [-0.2, -0.15) is 0 Å². The highest BCUT2D eigenvalue weighted by Gasteiger charge is 2.19. The lowest BCUT2D eigenvalue weighted by Gasteiger charge is -2.12. The summed E-state index contributed by atoms with van der Waals surface area (Å²) in [5, 5.41) is 9.91. The van der Waals surface area contributed by atoms with Crippen molar-refractivity contribution in [3.63, 3.8) is 0 Å². The topological polar surface area (TPSA) is 66.4 Å². The fraction of sp³-hybridized carbons (Fsp3) is 0.200. The van der Waals surface area contributed by atoms with Crippen LogP contribution >= 0.6 is 11.6 Å². The van der Waals surface area contributed by atoms with Crippen molar-refractivity contribution >= 4 is 21.6 Å². The summed E-state index contributed by atoms with van der Waals surface area (Å²) in [5.41, 5.74) is 0.700. The molecule has 7 heteroatoms. The number of halogens is 2. The maximum atomic E-state index is 13.2. The molecular weight excluding hydrogens is 329 g/mol. The van der Waals surface area contributed by atoms with E-state index >= 15 is 0 Å². The van der Waals surface area contributed by atoms with Crippen LogP contribution < -0.4 is 4.72 Å². The lowest BCUT2D eigenvalue weighted by Crippen LogP contribution is -2.26. The van der Waals surface area contributed by atoms with Crippen LogP contribution in [0.2, 0.25) is 5.02 Å². The molecule has 0 aromatic heterocycles. The molecule has 0 fully saturated rings. The molecule has 0 spiro atoms. The number of aliphatic hydroxyl groups excluding tert-OH is 1. The molecule has 0 saturated heterocycles. The Hall–Kier alpha value is -1.47. The summed E-state index contributed by atoms with van der Waals surface area (Å²) >= 11 is 5.78. The first-order valence-corrected chi connectivity index (χ1v) is 8.44. The molecule has 1 unspecified atom stereocenters. The van der Waals surface area contributed by atoms with Crippen LogP contribution in [0.4, 0.5) is 4.39 Å². The minimum Gasteiger partial charge on any atom is -0.388 e. The molecule has 1 atom stereocenters. The zero-order chi connectivity index (χ0) is 16.2. The highest BCUT2D eigenvalue weighted by molar-refractivity contribution is 7.89. The van der Waals surface area contributed by atoms with Crippen LogP contribution in [0.1, 0.15) is 18.1 Å². The Labute approximate surface area is 133 Å². The zero-order valence-corrected chi connectivity index (χ0v) is 13.1. The highest BCUT2D eigenvalue weighted by Crippen LogP contribution is 2.22. The van der Waals surface area contributed by atoms with Crippen molar-refractivity contribution in [2.75, 3.05) is 6.54 Å². The van der Waals surface area contributed by atoms with E-state index in [4.69, 9.17) is 11.6 Å². The van der Waals surface area contributed by atoms with Gasteiger partial charge in [-0.1, -0.05) is 41.9 Å². The van der Waals surface area contributed by atoms with Crippen LogP contribution in [0.5, 0.6) is 0 Å². The Bertz CT molecular complexity index is 738. The van der Waals surface area contributed by atoms with Crippen molar-refractivity contribution < 1.29 is 17.9 Å². The Balaban J connectivity index is 2.00. The summed E-state index contributed by atoms with van der Waals surface area (Å²) in [4.78, 5) is -0.316. The van der Waals surface area contributed by atoms with Gasteiger partial charge < -0.3 is 5.11 Å². The van der Waals surface area contributed by atoms with Crippen molar-refractivity contribution in [2.24, 2.45) is 0 Å². The normalized spacial score (nSPS) is 13.0. The maximum absolute atomic E-state index is 13.2. The third kappa shape index (κ3) is 4.27. The number of hydrogen-bond donors (Lipinski definition) is 2. The summed E-state index contributed by atoms with van der Waals surface area (Å²) in [6.07, 6.45) is -0.595.